The Morgan fingerprint density at radius 1 is 1.25 bits per heavy atom. The molecule has 2 nitrogen and oxygen atoms in total. The van der Waals surface area contributed by atoms with Gasteiger partial charge in [-0.15, -0.1) is 0 Å². The summed E-state index contributed by atoms with van der Waals surface area (Å²) >= 11 is 0. The molecule has 1 fully saturated rings. The molecule has 1 aliphatic heterocycles. The summed E-state index contributed by atoms with van der Waals surface area (Å²) in [7, 11) is 0. The lowest BCUT2D eigenvalue weighted by atomic mass is 10.1. The standard InChI is InChI=1S/C10H19NO/c1-7(2)10(12)11-8(3)5-6-9(11)4/h7-9H,5-6H2,1-4H3/t8-,9-/m0/s1. The summed E-state index contributed by atoms with van der Waals surface area (Å²) in [6.45, 7) is 8.23. The first-order valence-corrected chi connectivity index (χ1v) is 4.86. The minimum absolute atomic E-state index is 0.146. The highest BCUT2D eigenvalue weighted by atomic mass is 16.2. The summed E-state index contributed by atoms with van der Waals surface area (Å²) < 4.78 is 0. The van der Waals surface area contributed by atoms with Crippen molar-refractivity contribution in [3.8, 4) is 0 Å². The van der Waals surface area contributed by atoms with Gasteiger partial charge in [-0.1, -0.05) is 13.8 Å². The van der Waals surface area contributed by atoms with E-state index >= 15 is 0 Å². The number of carbonyl (C=O) groups is 1. The molecule has 0 unspecified atom stereocenters. The Balaban J connectivity index is 2.66. The molecule has 1 saturated heterocycles. The fraction of sp³-hybridized carbons (Fsp3) is 0.900. The van der Waals surface area contributed by atoms with Crippen LogP contribution in [0.1, 0.15) is 40.5 Å². The second-order valence-corrected chi connectivity index (χ2v) is 4.18. The maximum absolute atomic E-state index is 11.7. The van der Waals surface area contributed by atoms with Crippen LogP contribution in [0.2, 0.25) is 0 Å². The van der Waals surface area contributed by atoms with Crippen LogP contribution in [-0.2, 0) is 4.79 Å². The lowest BCUT2D eigenvalue weighted by Crippen LogP contribution is -2.40. The van der Waals surface area contributed by atoms with Crippen molar-refractivity contribution in [2.24, 2.45) is 5.92 Å². The van der Waals surface area contributed by atoms with Crippen molar-refractivity contribution in [1.29, 1.82) is 0 Å². The number of likely N-dealkylation sites (tertiary alicyclic amines) is 1. The number of hydrogen-bond donors (Lipinski definition) is 0. The molecule has 0 aliphatic carbocycles. The Morgan fingerprint density at radius 3 is 2.00 bits per heavy atom. The number of nitrogens with zero attached hydrogens (tertiary/aromatic N) is 1. The Kier molecular flexibility index (Phi) is 2.76. The average molecular weight is 169 g/mol. The molecule has 0 N–H and O–H groups in total. The van der Waals surface area contributed by atoms with Crippen molar-refractivity contribution < 1.29 is 4.79 Å². The zero-order valence-electron chi connectivity index (χ0n) is 8.50. The van der Waals surface area contributed by atoms with Crippen LogP contribution in [0.15, 0.2) is 0 Å². The number of hydrogen-bond acceptors (Lipinski definition) is 1. The summed E-state index contributed by atoms with van der Waals surface area (Å²) in [6.07, 6.45) is 2.33. The van der Waals surface area contributed by atoms with Gasteiger partial charge in [-0.25, -0.2) is 0 Å². The molecule has 0 bridgehead atoms. The van der Waals surface area contributed by atoms with Crippen LogP contribution < -0.4 is 0 Å². The molecule has 0 aromatic carbocycles. The van der Waals surface area contributed by atoms with Crippen molar-refractivity contribution in [3.05, 3.63) is 0 Å². The number of rotatable bonds is 1. The molecular weight excluding hydrogens is 150 g/mol. The van der Waals surface area contributed by atoms with Gasteiger partial charge in [0.25, 0.3) is 0 Å². The van der Waals surface area contributed by atoms with Crippen LogP contribution in [0.5, 0.6) is 0 Å². The number of amides is 1. The van der Waals surface area contributed by atoms with Crippen LogP contribution in [0, 0.1) is 5.92 Å². The molecule has 2 heteroatoms. The van der Waals surface area contributed by atoms with Crippen LogP contribution in [-0.4, -0.2) is 22.9 Å². The second-order valence-electron chi connectivity index (χ2n) is 4.18. The SMILES string of the molecule is CC(C)C(=O)N1[C@@H](C)CC[C@@H]1C. The summed E-state index contributed by atoms with van der Waals surface area (Å²) in [4.78, 5) is 13.7. The van der Waals surface area contributed by atoms with E-state index in [1.54, 1.807) is 0 Å². The van der Waals surface area contributed by atoms with Gasteiger partial charge in [-0.05, 0) is 26.7 Å². The largest absolute Gasteiger partial charge is 0.337 e. The molecular formula is C10H19NO. The summed E-state index contributed by atoms with van der Waals surface area (Å²) in [6, 6.07) is 0.907. The minimum Gasteiger partial charge on any atom is -0.337 e. The molecule has 70 valence electrons. The molecule has 0 radical (unpaired) electrons. The average Bonchev–Trinajstić information content (AvgIpc) is 2.30. The van der Waals surface area contributed by atoms with E-state index in [4.69, 9.17) is 0 Å². The second kappa shape index (κ2) is 3.46. The van der Waals surface area contributed by atoms with Gasteiger partial charge in [0.05, 0.1) is 0 Å². The zero-order valence-corrected chi connectivity index (χ0v) is 8.50. The van der Waals surface area contributed by atoms with Crippen LogP contribution in [0.25, 0.3) is 0 Å². The minimum atomic E-state index is 0.146. The highest BCUT2D eigenvalue weighted by Gasteiger charge is 2.32. The quantitative estimate of drug-likeness (QED) is 0.588. The van der Waals surface area contributed by atoms with Crippen LogP contribution in [0.4, 0.5) is 0 Å². The van der Waals surface area contributed by atoms with E-state index in [0.29, 0.717) is 18.0 Å². The van der Waals surface area contributed by atoms with E-state index in [1.165, 1.54) is 12.8 Å². The predicted molar refractivity (Wildman–Crippen MR) is 49.8 cm³/mol. The first-order chi connectivity index (χ1) is 5.54. The first-order valence-electron chi connectivity index (χ1n) is 4.86. The highest BCUT2D eigenvalue weighted by Crippen LogP contribution is 2.24. The third-order valence-corrected chi connectivity index (χ3v) is 2.70. The Morgan fingerprint density at radius 2 is 1.67 bits per heavy atom. The van der Waals surface area contributed by atoms with E-state index in [9.17, 15) is 4.79 Å². The molecule has 1 aliphatic rings. The third-order valence-electron chi connectivity index (χ3n) is 2.70. The van der Waals surface area contributed by atoms with E-state index in [-0.39, 0.29) is 5.92 Å². The number of carbonyl (C=O) groups excluding carboxylic acids is 1. The van der Waals surface area contributed by atoms with Crippen molar-refractivity contribution in [2.75, 3.05) is 0 Å². The van der Waals surface area contributed by atoms with E-state index in [1.807, 2.05) is 18.7 Å². The van der Waals surface area contributed by atoms with Gasteiger partial charge in [0.15, 0.2) is 0 Å². The molecule has 2 atom stereocenters. The maximum atomic E-state index is 11.7. The summed E-state index contributed by atoms with van der Waals surface area (Å²) in [5.41, 5.74) is 0. The van der Waals surface area contributed by atoms with E-state index in [2.05, 4.69) is 13.8 Å². The van der Waals surface area contributed by atoms with E-state index < -0.39 is 0 Å². The van der Waals surface area contributed by atoms with Crippen molar-refractivity contribution >= 4 is 5.91 Å². The van der Waals surface area contributed by atoms with Gasteiger partial charge < -0.3 is 4.90 Å². The molecule has 1 heterocycles. The van der Waals surface area contributed by atoms with Crippen LogP contribution in [0.3, 0.4) is 0 Å². The van der Waals surface area contributed by atoms with Gasteiger partial charge >= 0.3 is 0 Å². The molecule has 0 spiro atoms. The zero-order chi connectivity index (χ0) is 9.30. The predicted octanol–water partition coefficient (Wildman–Crippen LogP) is 2.04. The molecule has 1 rings (SSSR count). The third kappa shape index (κ3) is 1.62. The van der Waals surface area contributed by atoms with Gasteiger partial charge in [-0.2, -0.15) is 0 Å². The monoisotopic (exact) mass is 169 g/mol. The molecule has 0 aromatic rings. The topological polar surface area (TPSA) is 20.3 Å². The fourth-order valence-corrected chi connectivity index (χ4v) is 1.93. The lowest BCUT2D eigenvalue weighted by Gasteiger charge is -2.28. The lowest BCUT2D eigenvalue weighted by molar-refractivity contribution is -0.136. The summed E-state index contributed by atoms with van der Waals surface area (Å²) in [5.74, 6) is 0.459. The smallest absolute Gasteiger partial charge is 0.225 e. The molecule has 12 heavy (non-hydrogen) atoms. The van der Waals surface area contributed by atoms with Gasteiger partial charge in [0, 0.05) is 18.0 Å². The summed E-state index contributed by atoms with van der Waals surface area (Å²) in [5, 5.41) is 0. The van der Waals surface area contributed by atoms with Gasteiger partial charge in [-0.3, -0.25) is 4.79 Å². The van der Waals surface area contributed by atoms with Crippen molar-refractivity contribution in [1.82, 2.24) is 4.90 Å². The highest BCUT2D eigenvalue weighted by molar-refractivity contribution is 5.79. The molecule has 0 saturated carbocycles. The Labute approximate surface area is 74.9 Å². The van der Waals surface area contributed by atoms with Gasteiger partial charge in [0.2, 0.25) is 5.91 Å². The molecule has 0 aromatic heterocycles. The Hall–Kier alpha value is -0.530. The van der Waals surface area contributed by atoms with Crippen molar-refractivity contribution in [2.45, 2.75) is 52.6 Å². The first kappa shape index (κ1) is 9.56. The maximum Gasteiger partial charge on any atom is 0.225 e. The van der Waals surface area contributed by atoms with Gasteiger partial charge in [0.1, 0.15) is 0 Å². The Bertz CT molecular complexity index is 167. The normalized spacial score (nSPS) is 29.9. The molecule has 1 amide bonds. The van der Waals surface area contributed by atoms with Crippen molar-refractivity contribution in [3.63, 3.8) is 0 Å². The fourth-order valence-electron chi connectivity index (χ4n) is 1.93. The van der Waals surface area contributed by atoms with Crippen LogP contribution >= 0.6 is 0 Å². The van der Waals surface area contributed by atoms with E-state index in [0.717, 1.165) is 0 Å².